The van der Waals surface area contributed by atoms with Gasteiger partial charge in [0.2, 0.25) is 5.91 Å². The highest BCUT2D eigenvalue weighted by molar-refractivity contribution is 7.90. The van der Waals surface area contributed by atoms with Gasteiger partial charge >= 0.3 is 0 Å². The van der Waals surface area contributed by atoms with Crippen LogP contribution in [0.15, 0.2) is 33.6 Å². The van der Waals surface area contributed by atoms with Crippen LogP contribution in [0.5, 0.6) is 0 Å². The summed E-state index contributed by atoms with van der Waals surface area (Å²) in [5.74, 6) is 0.143. The van der Waals surface area contributed by atoms with Crippen molar-refractivity contribution in [3.05, 3.63) is 29.8 Å². The van der Waals surface area contributed by atoms with Crippen LogP contribution in [0.4, 0.5) is 0 Å². The molecule has 1 heterocycles. The van der Waals surface area contributed by atoms with Gasteiger partial charge in [-0.05, 0) is 32.1 Å². The molecule has 0 bridgehead atoms. The predicted molar refractivity (Wildman–Crippen MR) is 84.3 cm³/mol. The molecule has 22 heavy (non-hydrogen) atoms. The van der Waals surface area contributed by atoms with Crippen LogP contribution in [0.25, 0.3) is 0 Å². The number of fused-ring (bicyclic) bond motifs is 1. The van der Waals surface area contributed by atoms with Crippen molar-refractivity contribution in [1.29, 1.82) is 0 Å². The summed E-state index contributed by atoms with van der Waals surface area (Å²) in [5.41, 5.74) is 0.535. The normalized spacial score (nSPS) is 15.1. The van der Waals surface area contributed by atoms with Gasteiger partial charge in [0.25, 0.3) is 10.0 Å². The van der Waals surface area contributed by atoms with Gasteiger partial charge in [-0.25, -0.2) is 0 Å². The number of nitrogens with one attached hydrogen (secondary N) is 2. The van der Waals surface area contributed by atoms with Gasteiger partial charge in [0, 0.05) is 19.2 Å². The van der Waals surface area contributed by atoms with Crippen LogP contribution in [0, 0.1) is 0 Å². The molecule has 1 aromatic rings. The molecule has 0 saturated heterocycles. The number of nitrogens with zero attached hydrogens (tertiary/aromatic N) is 2. The first kappa shape index (κ1) is 16.4. The minimum absolute atomic E-state index is 0.0578. The molecule has 0 aromatic heterocycles. The van der Waals surface area contributed by atoms with Crippen molar-refractivity contribution in [2.75, 3.05) is 33.7 Å². The van der Waals surface area contributed by atoms with Crippen LogP contribution in [0.2, 0.25) is 0 Å². The number of hydrogen-bond acceptors (Lipinski definition) is 5. The third kappa shape index (κ3) is 3.63. The summed E-state index contributed by atoms with van der Waals surface area (Å²) < 4.78 is 27.7. The highest BCUT2D eigenvalue weighted by Gasteiger charge is 2.30. The van der Waals surface area contributed by atoms with Gasteiger partial charge in [0.1, 0.15) is 4.90 Å². The predicted octanol–water partition coefficient (Wildman–Crippen LogP) is -0.207. The lowest BCUT2D eigenvalue weighted by Gasteiger charge is -2.18. The summed E-state index contributed by atoms with van der Waals surface area (Å²) >= 11 is 0. The minimum atomic E-state index is -3.65. The zero-order valence-corrected chi connectivity index (χ0v) is 13.5. The Bertz CT molecular complexity index is 685. The molecular weight excluding hydrogens is 304 g/mol. The summed E-state index contributed by atoms with van der Waals surface area (Å²) in [4.78, 5) is 13.6. The highest BCUT2D eigenvalue weighted by Crippen LogP contribution is 2.26. The number of amides is 1. The molecule has 0 spiro atoms. The SMILES string of the molecule is CNCCCNC(=O)CN(C)C1=NS(=O)(=O)c2ccccc21. The summed E-state index contributed by atoms with van der Waals surface area (Å²) in [5, 5.41) is 5.79. The molecule has 1 aromatic carbocycles. The second-order valence-corrected chi connectivity index (χ2v) is 6.62. The molecule has 1 aliphatic rings. The van der Waals surface area contributed by atoms with E-state index in [1.165, 1.54) is 6.07 Å². The van der Waals surface area contributed by atoms with Crippen LogP contribution in [0.3, 0.4) is 0 Å². The highest BCUT2D eigenvalue weighted by atomic mass is 32.2. The number of carbonyl (C=O) groups is 1. The number of hydrogen-bond donors (Lipinski definition) is 2. The largest absolute Gasteiger partial charge is 0.355 e. The average molecular weight is 324 g/mol. The van der Waals surface area contributed by atoms with Crippen molar-refractivity contribution in [3.8, 4) is 0 Å². The van der Waals surface area contributed by atoms with Crippen molar-refractivity contribution in [2.45, 2.75) is 11.3 Å². The van der Waals surface area contributed by atoms with Gasteiger partial charge in [-0.2, -0.15) is 8.42 Å². The van der Waals surface area contributed by atoms with Crippen molar-refractivity contribution < 1.29 is 13.2 Å². The summed E-state index contributed by atoms with van der Waals surface area (Å²) in [6.07, 6.45) is 0.837. The maximum absolute atomic E-state index is 12.0. The van der Waals surface area contributed by atoms with Crippen LogP contribution >= 0.6 is 0 Å². The zero-order chi connectivity index (χ0) is 16.2. The Labute approximate surface area is 130 Å². The number of rotatable bonds is 6. The van der Waals surface area contributed by atoms with Crippen LogP contribution in [-0.4, -0.2) is 58.8 Å². The first-order valence-corrected chi connectivity index (χ1v) is 8.46. The van der Waals surface area contributed by atoms with Gasteiger partial charge in [-0.3, -0.25) is 4.79 Å². The van der Waals surface area contributed by atoms with E-state index in [0.717, 1.165) is 13.0 Å². The lowest BCUT2D eigenvalue weighted by atomic mass is 10.2. The van der Waals surface area contributed by atoms with Crippen LogP contribution in [0.1, 0.15) is 12.0 Å². The van der Waals surface area contributed by atoms with Crippen LogP contribution < -0.4 is 10.6 Å². The third-order valence-electron chi connectivity index (χ3n) is 3.28. The lowest BCUT2D eigenvalue weighted by molar-refractivity contribution is -0.121. The van der Waals surface area contributed by atoms with E-state index in [1.807, 2.05) is 7.05 Å². The quantitative estimate of drug-likeness (QED) is 0.707. The van der Waals surface area contributed by atoms with E-state index < -0.39 is 10.0 Å². The van der Waals surface area contributed by atoms with Crippen molar-refractivity contribution in [2.24, 2.45) is 4.40 Å². The van der Waals surface area contributed by atoms with Gasteiger partial charge in [-0.1, -0.05) is 12.1 Å². The number of carbonyl (C=O) groups excluding carboxylic acids is 1. The first-order chi connectivity index (χ1) is 10.5. The van der Waals surface area contributed by atoms with E-state index in [9.17, 15) is 13.2 Å². The Morgan fingerprint density at radius 1 is 1.27 bits per heavy atom. The fourth-order valence-electron chi connectivity index (χ4n) is 2.20. The third-order valence-corrected chi connectivity index (χ3v) is 4.61. The molecule has 7 nitrogen and oxygen atoms in total. The maximum Gasteiger partial charge on any atom is 0.285 e. The molecule has 1 amide bonds. The maximum atomic E-state index is 12.0. The van der Waals surface area contributed by atoms with Gasteiger partial charge in [0.15, 0.2) is 5.84 Å². The van der Waals surface area contributed by atoms with E-state index in [1.54, 1.807) is 30.1 Å². The smallest absolute Gasteiger partial charge is 0.285 e. The molecule has 0 fully saturated rings. The summed E-state index contributed by atoms with van der Waals surface area (Å²) in [6.45, 7) is 1.46. The standard InChI is InChI=1S/C14H20N4O3S/c1-15-8-5-9-16-13(19)10-18(2)14-11-6-3-4-7-12(11)22(20,21)17-14/h3-4,6-7,15H,5,8-10H2,1-2H3,(H,16,19). The van der Waals surface area contributed by atoms with Crippen molar-refractivity contribution in [3.63, 3.8) is 0 Å². The minimum Gasteiger partial charge on any atom is -0.355 e. The molecule has 0 atom stereocenters. The summed E-state index contributed by atoms with van der Waals surface area (Å²) in [7, 11) is -0.144. The fourth-order valence-corrected chi connectivity index (χ4v) is 3.45. The second-order valence-electron chi connectivity index (χ2n) is 5.05. The van der Waals surface area contributed by atoms with E-state index in [4.69, 9.17) is 0 Å². The molecule has 2 N–H and O–H groups in total. The molecule has 8 heteroatoms. The Kier molecular flexibility index (Phi) is 5.15. The Morgan fingerprint density at radius 2 is 2.00 bits per heavy atom. The number of sulfonamides is 1. The average Bonchev–Trinajstić information content (AvgIpc) is 2.76. The van der Waals surface area contributed by atoms with Crippen molar-refractivity contribution in [1.82, 2.24) is 15.5 Å². The van der Waals surface area contributed by atoms with E-state index in [-0.39, 0.29) is 17.3 Å². The van der Waals surface area contributed by atoms with E-state index >= 15 is 0 Å². The molecule has 1 aliphatic heterocycles. The topological polar surface area (TPSA) is 90.9 Å². The lowest BCUT2D eigenvalue weighted by Crippen LogP contribution is -2.39. The van der Waals surface area contributed by atoms with Crippen LogP contribution in [-0.2, 0) is 14.8 Å². The number of amidine groups is 1. The molecule has 0 unspecified atom stereocenters. The van der Waals surface area contributed by atoms with Gasteiger partial charge in [-0.15, -0.1) is 4.40 Å². The van der Waals surface area contributed by atoms with Gasteiger partial charge < -0.3 is 15.5 Å². The Hall–Kier alpha value is -1.93. The second kappa shape index (κ2) is 6.89. The van der Waals surface area contributed by atoms with Gasteiger partial charge in [0.05, 0.1) is 6.54 Å². The molecule has 0 radical (unpaired) electrons. The Morgan fingerprint density at radius 3 is 2.73 bits per heavy atom. The first-order valence-electron chi connectivity index (χ1n) is 7.02. The van der Waals surface area contributed by atoms with E-state index in [0.29, 0.717) is 17.9 Å². The molecule has 0 aliphatic carbocycles. The van der Waals surface area contributed by atoms with Crippen molar-refractivity contribution >= 4 is 21.8 Å². The fraction of sp³-hybridized carbons (Fsp3) is 0.429. The molecule has 2 rings (SSSR count). The monoisotopic (exact) mass is 324 g/mol. The molecular formula is C14H20N4O3S. The molecule has 0 saturated carbocycles. The zero-order valence-electron chi connectivity index (χ0n) is 12.7. The molecule has 120 valence electrons. The summed E-state index contributed by atoms with van der Waals surface area (Å²) in [6, 6.07) is 6.62. The van der Waals surface area contributed by atoms with E-state index in [2.05, 4.69) is 15.0 Å². The number of likely N-dealkylation sites (N-methyl/N-ethyl adjacent to an activating group) is 1. The number of benzene rings is 1. The Balaban J connectivity index is 2.02.